The first kappa shape index (κ1) is 17.1. The first-order chi connectivity index (χ1) is 11.9. The lowest BCUT2D eigenvalue weighted by molar-refractivity contribution is 0.238. The van der Waals surface area contributed by atoms with Crippen LogP contribution in [0.1, 0.15) is 41.2 Å². The highest BCUT2D eigenvalue weighted by Gasteiger charge is 2.14. The standard InChI is InChI=1S/C20H25N3O2/c1-12-5-6-17-16(11-22-19(17)9-12)7-8-21-20(24)23-14(3)18-10-13(2)25-15(18)4/h5-6,9-11,14,22H,7-8H2,1-4H3,(H2,21,23,24). The van der Waals surface area contributed by atoms with Crippen LogP contribution in [0.15, 0.2) is 34.9 Å². The summed E-state index contributed by atoms with van der Waals surface area (Å²) in [6, 6.07) is 8.08. The van der Waals surface area contributed by atoms with Crippen molar-refractivity contribution in [1.82, 2.24) is 15.6 Å². The number of aryl methyl sites for hydroxylation is 3. The molecule has 25 heavy (non-hydrogen) atoms. The van der Waals surface area contributed by atoms with Crippen LogP contribution in [0.4, 0.5) is 4.79 Å². The second-order valence-corrected chi connectivity index (χ2v) is 6.60. The summed E-state index contributed by atoms with van der Waals surface area (Å²) in [6.07, 6.45) is 2.80. The van der Waals surface area contributed by atoms with E-state index in [-0.39, 0.29) is 12.1 Å². The highest BCUT2D eigenvalue weighted by molar-refractivity contribution is 5.84. The Morgan fingerprint density at radius 2 is 2.04 bits per heavy atom. The second-order valence-electron chi connectivity index (χ2n) is 6.60. The zero-order chi connectivity index (χ0) is 18.0. The summed E-state index contributed by atoms with van der Waals surface area (Å²) < 4.78 is 5.52. The summed E-state index contributed by atoms with van der Waals surface area (Å²) in [5.41, 5.74) is 4.60. The summed E-state index contributed by atoms with van der Waals surface area (Å²) in [6.45, 7) is 8.45. The van der Waals surface area contributed by atoms with Gasteiger partial charge in [-0.15, -0.1) is 0 Å². The Labute approximate surface area is 147 Å². The van der Waals surface area contributed by atoms with E-state index in [2.05, 4.69) is 40.7 Å². The van der Waals surface area contributed by atoms with Gasteiger partial charge in [0.1, 0.15) is 11.5 Å². The smallest absolute Gasteiger partial charge is 0.315 e. The van der Waals surface area contributed by atoms with Gasteiger partial charge < -0.3 is 20.0 Å². The molecule has 0 aliphatic rings. The third-order valence-electron chi connectivity index (χ3n) is 4.50. The Balaban J connectivity index is 1.53. The van der Waals surface area contributed by atoms with E-state index in [0.29, 0.717) is 6.54 Å². The van der Waals surface area contributed by atoms with E-state index in [4.69, 9.17) is 4.42 Å². The predicted octanol–water partition coefficient (Wildman–Crippen LogP) is 4.29. The molecule has 0 bridgehead atoms. The number of hydrogen-bond acceptors (Lipinski definition) is 2. The van der Waals surface area contributed by atoms with Crippen LogP contribution >= 0.6 is 0 Å². The lowest BCUT2D eigenvalue weighted by atomic mass is 10.1. The number of carbonyl (C=O) groups is 1. The molecule has 3 N–H and O–H groups in total. The Hall–Kier alpha value is -2.69. The summed E-state index contributed by atoms with van der Waals surface area (Å²) >= 11 is 0. The van der Waals surface area contributed by atoms with Crippen molar-refractivity contribution in [1.29, 1.82) is 0 Å². The van der Waals surface area contributed by atoms with E-state index in [1.165, 1.54) is 16.5 Å². The van der Waals surface area contributed by atoms with Gasteiger partial charge in [0.05, 0.1) is 6.04 Å². The molecule has 0 aliphatic heterocycles. The van der Waals surface area contributed by atoms with Crippen LogP contribution in [0, 0.1) is 20.8 Å². The number of aromatic amines is 1. The monoisotopic (exact) mass is 339 g/mol. The lowest BCUT2D eigenvalue weighted by Crippen LogP contribution is -2.38. The van der Waals surface area contributed by atoms with Crippen molar-refractivity contribution in [2.75, 3.05) is 6.54 Å². The Morgan fingerprint density at radius 1 is 1.24 bits per heavy atom. The van der Waals surface area contributed by atoms with Crippen LogP contribution in [0.25, 0.3) is 10.9 Å². The molecule has 5 nitrogen and oxygen atoms in total. The highest BCUT2D eigenvalue weighted by atomic mass is 16.3. The minimum absolute atomic E-state index is 0.0893. The van der Waals surface area contributed by atoms with Crippen LogP contribution in [-0.4, -0.2) is 17.6 Å². The summed E-state index contributed by atoms with van der Waals surface area (Å²) in [5.74, 6) is 1.70. The minimum atomic E-state index is -0.165. The molecule has 0 spiro atoms. The molecule has 132 valence electrons. The molecule has 0 saturated heterocycles. The van der Waals surface area contributed by atoms with E-state index < -0.39 is 0 Å². The van der Waals surface area contributed by atoms with Gasteiger partial charge in [0.2, 0.25) is 0 Å². The fourth-order valence-corrected chi connectivity index (χ4v) is 3.22. The van der Waals surface area contributed by atoms with Gasteiger partial charge in [-0.1, -0.05) is 12.1 Å². The molecule has 3 aromatic rings. The molecule has 1 atom stereocenters. The van der Waals surface area contributed by atoms with Crippen LogP contribution in [0.3, 0.4) is 0 Å². The fraction of sp³-hybridized carbons (Fsp3) is 0.350. The number of nitrogens with one attached hydrogen (secondary N) is 3. The van der Waals surface area contributed by atoms with Gasteiger partial charge in [-0.05, 0) is 57.4 Å². The molecular formula is C20H25N3O2. The number of urea groups is 1. The molecule has 0 fully saturated rings. The zero-order valence-electron chi connectivity index (χ0n) is 15.2. The van der Waals surface area contributed by atoms with E-state index in [1.54, 1.807) is 0 Å². The third kappa shape index (κ3) is 3.87. The molecule has 0 saturated carbocycles. The summed E-state index contributed by atoms with van der Waals surface area (Å²) in [7, 11) is 0. The van der Waals surface area contributed by atoms with Crippen molar-refractivity contribution in [3.8, 4) is 0 Å². The Bertz CT molecular complexity index is 892. The Morgan fingerprint density at radius 3 is 2.76 bits per heavy atom. The van der Waals surface area contributed by atoms with Crippen LogP contribution < -0.4 is 10.6 Å². The zero-order valence-corrected chi connectivity index (χ0v) is 15.2. The van der Waals surface area contributed by atoms with Gasteiger partial charge in [0.15, 0.2) is 0 Å². The van der Waals surface area contributed by atoms with Crippen molar-refractivity contribution in [2.24, 2.45) is 0 Å². The number of H-pyrrole nitrogens is 1. The predicted molar refractivity (Wildman–Crippen MR) is 99.9 cm³/mol. The molecule has 1 aromatic carbocycles. The van der Waals surface area contributed by atoms with Crippen molar-refractivity contribution in [2.45, 2.75) is 40.2 Å². The maximum Gasteiger partial charge on any atom is 0.315 e. The molecule has 2 aromatic heterocycles. The quantitative estimate of drug-likeness (QED) is 0.649. The molecule has 3 rings (SSSR count). The van der Waals surface area contributed by atoms with Crippen molar-refractivity contribution >= 4 is 16.9 Å². The topological polar surface area (TPSA) is 70.1 Å². The van der Waals surface area contributed by atoms with Crippen LogP contribution in [-0.2, 0) is 6.42 Å². The van der Waals surface area contributed by atoms with Crippen LogP contribution in [0.2, 0.25) is 0 Å². The molecule has 0 radical (unpaired) electrons. The van der Waals surface area contributed by atoms with Gasteiger partial charge in [0.25, 0.3) is 0 Å². The number of amides is 2. The largest absolute Gasteiger partial charge is 0.466 e. The number of rotatable bonds is 5. The van der Waals surface area contributed by atoms with Crippen molar-refractivity contribution in [3.63, 3.8) is 0 Å². The van der Waals surface area contributed by atoms with Gasteiger partial charge in [-0.25, -0.2) is 4.79 Å². The number of fused-ring (bicyclic) bond motifs is 1. The first-order valence-electron chi connectivity index (χ1n) is 8.62. The molecule has 2 heterocycles. The molecule has 0 aliphatic carbocycles. The highest BCUT2D eigenvalue weighted by Crippen LogP contribution is 2.21. The number of carbonyl (C=O) groups excluding carboxylic acids is 1. The first-order valence-corrected chi connectivity index (χ1v) is 8.62. The summed E-state index contributed by atoms with van der Waals surface area (Å²) in [5, 5.41) is 7.10. The van der Waals surface area contributed by atoms with Gasteiger partial charge in [-0.3, -0.25) is 0 Å². The molecule has 2 amide bonds. The van der Waals surface area contributed by atoms with E-state index in [9.17, 15) is 4.79 Å². The fourth-order valence-electron chi connectivity index (χ4n) is 3.22. The SMILES string of the molecule is Cc1ccc2c(CCNC(=O)NC(C)c3cc(C)oc3C)c[nH]c2c1. The minimum Gasteiger partial charge on any atom is -0.466 e. The van der Waals surface area contributed by atoms with Gasteiger partial charge in [0, 0.05) is 29.2 Å². The van der Waals surface area contributed by atoms with E-state index in [0.717, 1.165) is 29.0 Å². The summed E-state index contributed by atoms with van der Waals surface area (Å²) in [4.78, 5) is 15.4. The average molecular weight is 339 g/mol. The number of aromatic nitrogens is 1. The number of hydrogen-bond donors (Lipinski definition) is 3. The number of furan rings is 1. The normalized spacial score (nSPS) is 12.3. The second kappa shape index (κ2) is 7.05. The van der Waals surface area contributed by atoms with Crippen molar-refractivity contribution < 1.29 is 9.21 Å². The van der Waals surface area contributed by atoms with Gasteiger partial charge >= 0.3 is 6.03 Å². The average Bonchev–Trinajstić information content (AvgIpc) is 3.09. The molecule has 1 unspecified atom stereocenters. The molecular weight excluding hydrogens is 314 g/mol. The maximum atomic E-state index is 12.1. The van der Waals surface area contributed by atoms with Crippen molar-refractivity contribution in [3.05, 3.63) is 58.7 Å². The van der Waals surface area contributed by atoms with Crippen LogP contribution in [0.5, 0.6) is 0 Å². The van der Waals surface area contributed by atoms with E-state index >= 15 is 0 Å². The third-order valence-corrected chi connectivity index (χ3v) is 4.50. The number of benzene rings is 1. The molecule has 5 heteroatoms. The van der Waals surface area contributed by atoms with Gasteiger partial charge in [-0.2, -0.15) is 0 Å². The maximum absolute atomic E-state index is 12.1. The Kier molecular flexibility index (Phi) is 4.83. The van der Waals surface area contributed by atoms with E-state index in [1.807, 2.05) is 33.0 Å². The lowest BCUT2D eigenvalue weighted by Gasteiger charge is -2.14.